The molecule has 0 aliphatic carbocycles. The van der Waals surface area contributed by atoms with E-state index in [4.69, 9.17) is 40.7 Å². The van der Waals surface area contributed by atoms with Crippen molar-refractivity contribution in [1.29, 1.82) is 0 Å². The second-order valence-electron chi connectivity index (χ2n) is 14.6. The molecule has 0 radical (unpaired) electrons. The van der Waals surface area contributed by atoms with Crippen LogP contribution >= 0.6 is 11.6 Å². The van der Waals surface area contributed by atoms with Gasteiger partial charge in [-0.1, -0.05) is 26.5 Å². The van der Waals surface area contributed by atoms with E-state index < -0.39 is 53.5 Å². The number of ether oxygens (including phenoxy) is 4. The Bertz CT molecular complexity index is 2050. The highest BCUT2D eigenvalue weighted by Gasteiger charge is 2.46. The van der Waals surface area contributed by atoms with Crippen molar-refractivity contribution in [3.05, 3.63) is 82.1 Å². The molecular weight excluding hydrogens is 800 g/mol. The fourth-order valence-corrected chi connectivity index (χ4v) is 7.63. The Kier molecular flexibility index (Phi) is 15.4. The minimum absolute atomic E-state index is 0. The number of alkyl halides is 2. The first-order chi connectivity index (χ1) is 27.4. The van der Waals surface area contributed by atoms with E-state index in [1.54, 1.807) is 6.07 Å². The fourth-order valence-electron chi connectivity index (χ4n) is 7.45. The van der Waals surface area contributed by atoms with Crippen LogP contribution in [0.3, 0.4) is 0 Å². The number of hydrogen-bond acceptors (Lipinski definition) is 11. The number of hydrogen-bond donors (Lipinski definition) is 4. The molecule has 0 saturated carbocycles. The average molecular weight is 853 g/mol. The van der Waals surface area contributed by atoms with Gasteiger partial charge in [-0.3, -0.25) is 4.79 Å². The van der Waals surface area contributed by atoms with Crippen molar-refractivity contribution in [3.63, 3.8) is 0 Å². The number of nitrogens with two attached hydrogens (primary N) is 1. The smallest absolute Gasteiger partial charge is 0.380 e. The lowest BCUT2D eigenvalue weighted by Crippen LogP contribution is -2.50. The Morgan fingerprint density at radius 1 is 0.763 bits per heavy atom. The highest BCUT2D eigenvalue weighted by molar-refractivity contribution is 6.31. The van der Waals surface area contributed by atoms with Gasteiger partial charge in [0.1, 0.15) is 38.1 Å². The molecule has 4 aliphatic heterocycles. The number of carbonyl (C=O) groups excluding carboxylic acids is 1. The second-order valence-corrected chi connectivity index (χ2v) is 15.0. The molecule has 5 heterocycles. The van der Waals surface area contributed by atoms with E-state index in [1.807, 2.05) is 4.90 Å². The van der Waals surface area contributed by atoms with Gasteiger partial charge in [-0.2, -0.15) is 8.78 Å². The highest BCUT2D eigenvalue weighted by Crippen LogP contribution is 2.39. The van der Waals surface area contributed by atoms with Crippen LogP contribution in [0.25, 0.3) is 11.0 Å². The molecule has 0 bridgehead atoms. The second kappa shape index (κ2) is 19.8. The maximum absolute atomic E-state index is 15.2. The number of halogens is 5. The van der Waals surface area contributed by atoms with Gasteiger partial charge in [0.05, 0.1) is 12.1 Å². The van der Waals surface area contributed by atoms with Gasteiger partial charge >= 0.3 is 5.92 Å². The summed E-state index contributed by atoms with van der Waals surface area (Å²) in [6, 6.07) is 9.17. The minimum atomic E-state index is -4.04. The Hall–Kier alpha value is -4.32. The van der Waals surface area contributed by atoms with Crippen LogP contribution in [0.1, 0.15) is 69.6 Å². The van der Waals surface area contributed by atoms with Crippen LogP contribution in [0, 0.1) is 11.6 Å². The molecule has 5 N–H and O–H groups in total. The Morgan fingerprint density at radius 2 is 1.27 bits per heavy atom. The molecule has 2 saturated heterocycles. The van der Waals surface area contributed by atoms with Crippen molar-refractivity contribution in [1.82, 2.24) is 15.1 Å². The zero-order chi connectivity index (χ0) is 40.3. The Labute approximate surface area is 346 Å². The van der Waals surface area contributed by atoms with E-state index in [9.17, 15) is 23.8 Å². The Balaban J connectivity index is 0.000000246. The van der Waals surface area contributed by atoms with Crippen LogP contribution in [0.2, 0.25) is 5.02 Å². The van der Waals surface area contributed by atoms with E-state index in [1.165, 1.54) is 43.2 Å². The number of rotatable bonds is 11. The third-order valence-corrected chi connectivity index (χ3v) is 10.7. The summed E-state index contributed by atoms with van der Waals surface area (Å²) < 4.78 is 85.5. The number of aliphatic hydroxyl groups excluding tert-OH is 2. The topological polar surface area (TPSA) is 152 Å². The molecule has 1 aromatic heterocycles. The lowest BCUT2D eigenvalue weighted by atomic mass is 10.00. The van der Waals surface area contributed by atoms with Crippen molar-refractivity contribution in [3.8, 4) is 23.0 Å². The number of benzene rings is 3. The van der Waals surface area contributed by atoms with Crippen LogP contribution in [0.15, 0.2) is 52.9 Å². The summed E-state index contributed by atoms with van der Waals surface area (Å²) in [5.41, 5.74) is 6.73. The number of amides is 1. The van der Waals surface area contributed by atoms with Gasteiger partial charge in [-0.25, -0.2) is 8.78 Å². The molecule has 0 spiro atoms. The van der Waals surface area contributed by atoms with Gasteiger partial charge in [0.15, 0.2) is 40.4 Å². The Morgan fingerprint density at radius 3 is 1.83 bits per heavy atom. The highest BCUT2D eigenvalue weighted by atomic mass is 35.5. The third kappa shape index (κ3) is 10.5. The van der Waals surface area contributed by atoms with E-state index in [0.717, 1.165) is 38.1 Å². The number of furan rings is 1. The molecule has 8 rings (SSSR count). The first-order valence-electron chi connectivity index (χ1n) is 19.0. The third-order valence-electron chi connectivity index (χ3n) is 10.4. The first kappa shape index (κ1) is 45.8. The summed E-state index contributed by atoms with van der Waals surface area (Å²) in [6.07, 6.45) is 1.74. The number of aliphatic hydroxyl groups is 2. The summed E-state index contributed by atoms with van der Waals surface area (Å²) in [7, 11) is 0. The minimum Gasteiger partial charge on any atom is -0.486 e. The number of nitrogens with one attached hydrogen (secondary N) is 1. The van der Waals surface area contributed by atoms with E-state index >= 15 is 8.78 Å². The largest absolute Gasteiger partial charge is 0.486 e. The molecule has 17 heteroatoms. The van der Waals surface area contributed by atoms with Gasteiger partial charge in [-0.15, -0.1) is 0 Å². The zero-order valence-electron chi connectivity index (χ0n) is 31.0. The predicted octanol–water partition coefficient (Wildman–Crippen LogP) is 6.73. The molecule has 59 heavy (non-hydrogen) atoms. The van der Waals surface area contributed by atoms with Gasteiger partial charge < -0.3 is 54.4 Å². The van der Waals surface area contributed by atoms with Crippen molar-refractivity contribution in [2.45, 2.75) is 70.8 Å². The molecule has 3 aromatic carbocycles. The molecule has 2 fully saturated rings. The van der Waals surface area contributed by atoms with Crippen molar-refractivity contribution < 1.29 is 55.9 Å². The lowest BCUT2D eigenvalue weighted by molar-refractivity contribution is -0.151. The molecule has 4 aromatic rings. The fraction of sp³-hybridized carbons (Fsp3) is 0.500. The maximum atomic E-state index is 15.2. The van der Waals surface area contributed by atoms with E-state index in [0.29, 0.717) is 54.6 Å². The van der Waals surface area contributed by atoms with Crippen molar-refractivity contribution >= 4 is 28.5 Å². The van der Waals surface area contributed by atoms with Crippen molar-refractivity contribution in [2.24, 2.45) is 5.73 Å². The van der Waals surface area contributed by atoms with Gasteiger partial charge in [0.25, 0.3) is 5.91 Å². The maximum Gasteiger partial charge on any atom is 0.380 e. The normalized spacial score (nSPS) is 18.4. The molecule has 324 valence electrons. The molecule has 4 atom stereocenters. The van der Waals surface area contributed by atoms with Crippen LogP contribution in [0.5, 0.6) is 23.0 Å². The quantitative estimate of drug-likeness (QED) is 0.119. The van der Waals surface area contributed by atoms with Crippen LogP contribution in [-0.4, -0.2) is 104 Å². The summed E-state index contributed by atoms with van der Waals surface area (Å²) >= 11 is 5.92. The zero-order valence-corrected chi connectivity index (χ0v) is 31.8. The summed E-state index contributed by atoms with van der Waals surface area (Å²) in [5.74, 6) is -7.32. The number of fused-ring (bicyclic) bond motifs is 3. The number of likely N-dealkylation sites (tertiary alicyclic amines) is 2. The van der Waals surface area contributed by atoms with Crippen molar-refractivity contribution in [2.75, 3.05) is 65.7 Å². The first-order valence-corrected chi connectivity index (χ1v) is 19.4. The molecule has 1 amide bonds. The van der Waals surface area contributed by atoms with Gasteiger partial charge in [-0.05, 0) is 112 Å². The standard InChI is InChI=1S/C25H24ClF3N2O5.C15H21FN2O3.2CH4/c26-16-3-4-19-14(9-16)12-21(36-19)25(28,29)24(33)30-18(13-31-5-1-2-6-31)22(32)15-10-17(27)23-20(11-15)34-7-8-35-23;16-11-7-10(8-13-15(11)21-6-5-20-13)14(19)12(17)9-18-3-1-2-4-18;;/h3-4,9-12,18,22,32H,1-2,5-8,13H2,(H,30,33);7-8,12,14,19H,1-6,9,17H2;2*1H4/t18-,22-;12-,14-;;/m11../s1. The summed E-state index contributed by atoms with van der Waals surface area (Å²) in [4.78, 5) is 17.0. The van der Waals surface area contributed by atoms with Gasteiger partial charge in [0, 0.05) is 29.5 Å². The van der Waals surface area contributed by atoms with Gasteiger partial charge in [0.2, 0.25) is 0 Å². The summed E-state index contributed by atoms with van der Waals surface area (Å²) in [6.45, 7) is 5.20. The van der Waals surface area contributed by atoms with Crippen LogP contribution < -0.4 is 30.0 Å². The number of carbonyl (C=O) groups is 1. The predicted molar refractivity (Wildman–Crippen MR) is 215 cm³/mol. The van der Waals surface area contributed by atoms with Crippen LogP contribution in [-0.2, 0) is 10.7 Å². The van der Waals surface area contributed by atoms with Crippen LogP contribution in [0.4, 0.5) is 17.6 Å². The SMILES string of the molecule is C.C.N[C@H](CN1CCCC1)[C@H](O)c1cc(F)c2c(c1)OCCO2.O=C(N[C@H](CN1CCCC1)[C@H](O)c1cc(F)c2c(c1)OCCO2)C(F)(F)c1cc2cc(Cl)ccc2o1. The van der Waals surface area contributed by atoms with E-state index in [2.05, 4.69) is 10.2 Å². The number of nitrogens with zero attached hydrogens (tertiary/aromatic N) is 2. The van der Waals surface area contributed by atoms with E-state index in [-0.39, 0.29) is 63.0 Å². The summed E-state index contributed by atoms with van der Waals surface area (Å²) in [5, 5.41) is 24.4. The average Bonchev–Trinajstić information content (AvgIpc) is 4.01. The monoisotopic (exact) mass is 852 g/mol. The molecule has 0 unspecified atom stereocenters. The molecular formula is C42H53ClF4N4O8. The molecule has 4 aliphatic rings. The lowest BCUT2D eigenvalue weighted by Gasteiger charge is -2.30. The molecule has 12 nitrogen and oxygen atoms in total.